The van der Waals surface area contributed by atoms with Crippen LogP contribution < -0.4 is 10.9 Å². The Balaban J connectivity index is 2.49. The molecule has 0 fully saturated rings. The number of halogens is 1. The predicted molar refractivity (Wildman–Crippen MR) is 62.8 cm³/mol. The van der Waals surface area contributed by atoms with Crippen molar-refractivity contribution in [3.8, 4) is 11.1 Å². The van der Waals surface area contributed by atoms with Crippen molar-refractivity contribution in [1.82, 2.24) is 20.2 Å². The van der Waals surface area contributed by atoms with E-state index in [-0.39, 0.29) is 18.2 Å². The molecular weight excluding hydrogens is 223 g/mol. The van der Waals surface area contributed by atoms with Crippen LogP contribution in [0.3, 0.4) is 0 Å². The number of nitrogens with zero attached hydrogens (tertiary/aromatic N) is 4. The molecule has 0 aliphatic carbocycles. The number of hydrogen-bond acceptors (Lipinski definition) is 5. The van der Waals surface area contributed by atoms with Crippen LogP contribution >= 0.6 is 0 Å². The molecule has 6 nitrogen and oxygen atoms in total. The first kappa shape index (κ1) is 11.3. The first-order valence-corrected chi connectivity index (χ1v) is 5.27. The lowest BCUT2D eigenvalue weighted by Gasteiger charge is -2.15. The molecule has 0 saturated carbocycles. The van der Waals surface area contributed by atoms with Crippen molar-refractivity contribution in [2.24, 2.45) is 0 Å². The second-order valence-corrected chi connectivity index (χ2v) is 3.53. The average molecular weight is 236 g/mol. The zero-order valence-electron chi connectivity index (χ0n) is 9.39. The van der Waals surface area contributed by atoms with E-state index in [2.05, 4.69) is 20.2 Å². The van der Waals surface area contributed by atoms with E-state index in [0.29, 0.717) is 22.7 Å². The van der Waals surface area contributed by atoms with Gasteiger partial charge < -0.3 is 5.73 Å². The quantitative estimate of drug-likeness (QED) is 0.787. The van der Waals surface area contributed by atoms with Crippen LogP contribution in [0.25, 0.3) is 11.1 Å². The molecule has 0 unspecified atom stereocenters. The standard InChI is InChI=1S/C10H13FN6/c1-2-3-17(11)10-8(7-4-15-16-5-7)9(12)13-6-14-10/h4-6H,2-3H2,1H3,(H,15,16)(H2,12,13,14). The molecule has 2 aromatic rings. The van der Waals surface area contributed by atoms with E-state index in [0.717, 1.165) is 0 Å². The normalized spacial score (nSPS) is 10.5. The molecular formula is C10H13FN6. The van der Waals surface area contributed by atoms with Gasteiger partial charge in [-0.15, -0.1) is 0 Å². The molecule has 0 amide bonds. The van der Waals surface area contributed by atoms with Gasteiger partial charge in [-0.05, 0) is 6.42 Å². The summed E-state index contributed by atoms with van der Waals surface area (Å²) in [4.78, 5) is 7.80. The number of nitrogens with one attached hydrogen (secondary N) is 1. The number of aromatic amines is 1. The van der Waals surface area contributed by atoms with Gasteiger partial charge in [0, 0.05) is 11.8 Å². The summed E-state index contributed by atoms with van der Waals surface area (Å²) < 4.78 is 13.8. The Morgan fingerprint density at radius 3 is 2.94 bits per heavy atom. The molecule has 7 heteroatoms. The van der Waals surface area contributed by atoms with Gasteiger partial charge in [0.05, 0.1) is 18.3 Å². The van der Waals surface area contributed by atoms with E-state index in [1.807, 2.05) is 6.92 Å². The van der Waals surface area contributed by atoms with Crippen molar-refractivity contribution >= 4 is 11.6 Å². The fourth-order valence-electron chi connectivity index (χ4n) is 1.54. The molecule has 2 aromatic heterocycles. The highest BCUT2D eigenvalue weighted by atomic mass is 19.2. The number of nitrogens with two attached hydrogens (primary N) is 1. The van der Waals surface area contributed by atoms with Gasteiger partial charge in [0.25, 0.3) is 0 Å². The molecule has 0 aliphatic rings. The summed E-state index contributed by atoms with van der Waals surface area (Å²) in [5.41, 5.74) is 6.88. The van der Waals surface area contributed by atoms with Gasteiger partial charge in [0.15, 0.2) is 5.82 Å². The minimum atomic E-state index is 0.167. The lowest BCUT2D eigenvalue weighted by atomic mass is 10.1. The minimum absolute atomic E-state index is 0.167. The van der Waals surface area contributed by atoms with Gasteiger partial charge in [0.1, 0.15) is 12.1 Å². The van der Waals surface area contributed by atoms with Crippen molar-refractivity contribution in [1.29, 1.82) is 0 Å². The minimum Gasteiger partial charge on any atom is -0.383 e. The maximum atomic E-state index is 13.8. The largest absolute Gasteiger partial charge is 0.383 e. The van der Waals surface area contributed by atoms with Gasteiger partial charge in [-0.2, -0.15) is 10.2 Å². The van der Waals surface area contributed by atoms with Crippen LogP contribution in [-0.2, 0) is 0 Å². The smallest absolute Gasteiger partial charge is 0.170 e. The molecule has 90 valence electrons. The maximum absolute atomic E-state index is 13.8. The van der Waals surface area contributed by atoms with E-state index in [9.17, 15) is 4.48 Å². The molecule has 17 heavy (non-hydrogen) atoms. The van der Waals surface area contributed by atoms with Gasteiger partial charge >= 0.3 is 0 Å². The Morgan fingerprint density at radius 1 is 1.47 bits per heavy atom. The van der Waals surface area contributed by atoms with Gasteiger partial charge in [-0.25, -0.2) is 9.97 Å². The van der Waals surface area contributed by atoms with E-state index in [4.69, 9.17) is 5.73 Å². The summed E-state index contributed by atoms with van der Waals surface area (Å²) >= 11 is 0. The number of hydrogen-bond donors (Lipinski definition) is 2. The number of H-pyrrole nitrogens is 1. The van der Waals surface area contributed by atoms with Crippen LogP contribution in [0.1, 0.15) is 13.3 Å². The first-order chi connectivity index (χ1) is 8.24. The summed E-state index contributed by atoms with van der Waals surface area (Å²) in [7, 11) is 0. The van der Waals surface area contributed by atoms with Crippen molar-refractivity contribution in [3.63, 3.8) is 0 Å². The topological polar surface area (TPSA) is 83.7 Å². The highest BCUT2D eigenvalue weighted by Crippen LogP contribution is 2.32. The van der Waals surface area contributed by atoms with E-state index in [1.165, 1.54) is 6.33 Å². The van der Waals surface area contributed by atoms with Crippen LogP contribution in [0, 0.1) is 0 Å². The van der Waals surface area contributed by atoms with Crippen LogP contribution in [0.15, 0.2) is 18.7 Å². The Bertz CT molecular complexity index is 484. The zero-order valence-corrected chi connectivity index (χ0v) is 9.39. The fourth-order valence-corrected chi connectivity index (χ4v) is 1.54. The summed E-state index contributed by atoms with van der Waals surface area (Å²) in [6, 6.07) is 0. The number of aromatic nitrogens is 4. The predicted octanol–water partition coefficient (Wildman–Crippen LogP) is 1.55. The second-order valence-electron chi connectivity index (χ2n) is 3.53. The molecule has 0 atom stereocenters. The third-order valence-corrected chi connectivity index (χ3v) is 2.29. The Hall–Kier alpha value is -2.18. The summed E-state index contributed by atoms with van der Waals surface area (Å²) in [5, 5.41) is 7.03. The molecule has 0 saturated heterocycles. The molecule has 2 heterocycles. The number of rotatable bonds is 4. The first-order valence-electron chi connectivity index (χ1n) is 5.27. The molecule has 0 bridgehead atoms. The monoisotopic (exact) mass is 236 g/mol. The Kier molecular flexibility index (Phi) is 3.17. The summed E-state index contributed by atoms with van der Waals surface area (Å²) in [6.45, 7) is 2.13. The molecule has 0 spiro atoms. The highest BCUT2D eigenvalue weighted by Gasteiger charge is 2.17. The lowest BCUT2D eigenvalue weighted by Crippen LogP contribution is -2.16. The zero-order chi connectivity index (χ0) is 12.3. The molecule has 0 radical (unpaired) electrons. The van der Waals surface area contributed by atoms with E-state index < -0.39 is 0 Å². The van der Waals surface area contributed by atoms with Crippen LogP contribution in [0.5, 0.6) is 0 Å². The van der Waals surface area contributed by atoms with Crippen molar-refractivity contribution < 1.29 is 4.48 Å². The third-order valence-electron chi connectivity index (χ3n) is 2.29. The maximum Gasteiger partial charge on any atom is 0.170 e. The molecule has 3 N–H and O–H groups in total. The lowest BCUT2D eigenvalue weighted by molar-refractivity contribution is 0.427. The highest BCUT2D eigenvalue weighted by molar-refractivity contribution is 5.82. The Labute approximate surface area is 97.6 Å². The van der Waals surface area contributed by atoms with Crippen molar-refractivity contribution in [3.05, 3.63) is 18.7 Å². The van der Waals surface area contributed by atoms with Crippen molar-refractivity contribution in [2.45, 2.75) is 13.3 Å². The number of nitrogen functional groups attached to an aromatic ring is 1. The van der Waals surface area contributed by atoms with Crippen molar-refractivity contribution in [2.75, 3.05) is 17.4 Å². The summed E-state index contributed by atoms with van der Waals surface area (Å²) in [6.07, 6.45) is 5.10. The van der Waals surface area contributed by atoms with Gasteiger partial charge in [0.2, 0.25) is 0 Å². The second kappa shape index (κ2) is 4.77. The number of anilines is 2. The summed E-state index contributed by atoms with van der Waals surface area (Å²) in [5.74, 6) is 0.399. The van der Waals surface area contributed by atoms with Crippen LogP contribution in [-0.4, -0.2) is 26.7 Å². The Morgan fingerprint density at radius 2 is 2.29 bits per heavy atom. The van der Waals surface area contributed by atoms with Gasteiger partial charge in [-0.3, -0.25) is 5.10 Å². The van der Waals surface area contributed by atoms with Crippen LogP contribution in [0.4, 0.5) is 16.1 Å². The molecule has 0 aliphatic heterocycles. The van der Waals surface area contributed by atoms with E-state index >= 15 is 0 Å². The molecule has 0 aromatic carbocycles. The molecule has 2 rings (SSSR count). The van der Waals surface area contributed by atoms with E-state index in [1.54, 1.807) is 12.4 Å². The van der Waals surface area contributed by atoms with Crippen LogP contribution in [0.2, 0.25) is 0 Å². The fraction of sp³-hybridized carbons (Fsp3) is 0.300. The third kappa shape index (κ3) is 2.17. The average Bonchev–Trinajstić information content (AvgIpc) is 2.82. The SMILES string of the molecule is CCCN(F)c1ncnc(N)c1-c1cn[nH]c1. The van der Waals surface area contributed by atoms with Gasteiger partial charge in [-0.1, -0.05) is 11.4 Å².